The van der Waals surface area contributed by atoms with E-state index < -0.39 is 10.0 Å². The Balaban J connectivity index is 1.48. The number of nitrogens with zero attached hydrogens (tertiary/aromatic N) is 4. The lowest BCUT2D eigenvalue weighted by atomic mass is 10.0. The lowest BCUT2D eigenvalue weighted by Gasteiger charge is -2.34. The monoisotopic (exact) mass is 568 g/mol. The van der Waals surface area contributed by atoms with Crippen molar-refractivity contribution in [2.24, 2.45) is 0 Å². The van der Waals surface area contributed by atoms with Crippen LogP contribution in [0, 0.1) is 6.92 Å². The average molecular weight is 569 g/mol. The zero-order valence-corrected chi connectivity index (χ0v) is 23.7. The van der Waals surface area contributed by atoms with Crippen LogP contribution in [-0.4, -0.2) is 41.2 Å². The second kappa shape index (κ2) is 11.1. The quantitative estimate of drug-likeness (QED) is 0.256. The summed E-state index contributed by atoms with van der Waals surface area (Å²) in [5.41, 5.74) is 2.81. The van der Waals surface area contributed by atoms with Crippen molar-refractivity contribution in [1.29, 1.82) is 0 Å². The molecule has 4 aromatic rings. The maximum absolute atomic E-state index is 13.8. The van der Waals surface area contributed by atoms with E-state index in [-0.39, 0.29) is 23.4 Å². The number of hydrogen-bond donors (Lipinski definition) is 0. The van der Waals surface area contributed by atoms with Crippen LogP contribution in [-0.2, 0) is 16.6 Å². The molecule has 1 unspecified atom stereocenters. The van der Waals surface area contributed by atoms with Gasteiger partial charge in [-0.1, -0.05) is 42.3 Å². The Bertz CT molecular complexity index is 1560. The summed E-state index contributed by atoms with van der Waals surface area (Å²) in [6.07, 6.45) is 5.25. The smallest absolute Gasteiger partial charge is 0.260 e. The van der Waals surface area contributed by atoms with Crippen LogP contribution in [0.1, 0.15) is 54.2 Å². The van der Waals surface area contributed by atoms with Gasteiger partial charge >= 0.3 is 0 Å². The fourth-order valence-electron chi connectivity index (χ4n) is 4.90. The normalized spacial score (nSPS) is 16.6. The maximum Gasteiger partial charge on any atom is 0.260 e. The number of rotatable bonds is 7. The second-order valence-corrected chi connectivity index (χ2v) is 12.8. The van der Waals surface area contributed by atoms with Crippen molar-refractivity contribution < 1.29 is 13.2 Å². The first kappa shape index (κ1) is 26.7. The third-order valence-electron chi connectivity index (χ3n) is 6.91. The molecular weight excluding hydrogens is 540 g/mol. The zero-order valence-electron chi connectivity index (χ0n) is 21.3. The number of thiazole rings is 1. The summed E-state index contributed by atoms with van der Waals surface area (Å²) in [6.45, 7) is 4.71. The van der Waals surface area contributed by atoms with Gasteiger partial charge in [0.25, 0.3) is 5.91 Å². The minimum Gasteiger partial charge on any atom is -0.278 e. The molecule has 1 saturated heterocycles. The molecule has 0 bridgehead atoms. The number of hydrogen-bond acceptors (Lipinski definition) is 6. The van der Waals surface area contributed by atoms with Crippen molar-refractivity contribution in [2.75, 3.05) is 11.4 Å². The molecule has 10 heteroatoms. The van der Waals surface area contributed by atoms with Crippen LogP contribution in [0.2, 0.25) is 5.02 Å². The number of fused-ring (bicyclic) bond motifs is 1. The van der Waals surface area contributed by atoms with E-state index in [2.05, 4.69) is 4.98 Å². The van der Waals surface area contributed by atoms with Crippen molar-refractivity contribution in [2.45, 2.75) is 57.0 Å². The van der Waals surface area contributed by atoms with Gasteiger partial charge in [0.2, 0.25) is 10.0 Å². The maximum atomic E-state index is 13.8. The summed E-state index contributed by atoms with van der Waals surface area (Å²) >= 11 is 7.65. The van der Waals surface area contributed by atoms with Gasteiger partial charge in [-0.25, -0.2) is 13.4 Å². The van der Waals surface area contributed by atoms with Crippen LogP contribution in [0.3, 0.4) is 0 Å². The Morgan fingerprint density at radius 2 is 1.95 bits per heavy atom. The van der Waals surface area contributed by atoms with Gasteiger partial charge in [0.05, 0.1) is 27.4 Å². The second-order valence-electron chi connectivity index (χ2n) is 9.48. The number of carbonyl (C=O) groups is 1. The van der Waals surface area contributed by atoms with Crippen molar-refractivity contribution >= 4 is 54.2 Å². The molecule has 1 aliphatic rings. The molecule has 2 aromatic carbocycles. The SMILES string of the molecule is CCC1CCCCN1S(=O)(=O)c1ccc(C(=O)N(Cc2ccccn2)c2nc3c(C)cc(Cl)cc3s2)cc1. The van der Waals surface area contributed by atoms with Crippen molar-refractivity contribution in [3.05, 3.63) is 82.6 Å². The summed E-state index contributed by atoms with van der Waals surface area (Å²) in [4.78, 5) is 24.8. The van der Waals surface area contributed by atoms with E-state index in [1.54, 1.807) is 27.5 Å². The number of benzene rings is 2. The molecule has 3 heterocycles. The molecule has 38 heavy (non-hydrogen) atoms. The molecule has 0 spiro atoms. The lowest BCUT2D eigenvalue weighted by molar-refractivity contribution is 0.0984. The molecule has 5 rings (SSSR count). The van der Waals surface area contributed by atoms with Crippen LogP contribution >= 0.6 is 22.9 Å². The van der Waals surface area contributed by atoms with Crippen molar-refractivity contribution in [1.82, 2.24) is 14.3 Å². The highest BCUT2D eigenvalue weighted by Gasteiger charge is 2.32. The number of carbonyl (C=O) groups excluding carboxylic acids is 1. The van der Waals surface area contributed by atoms with E-state index in [9.17, 15) is 13.2 Å². The van der Waals surface area contributed by atoms with Crippen LogP contribution in [0.15, 0.2) is 65.7 Å². The fourth-order valence-corrected chi connectivity index (χ4v) is 8.08. The van der Waals surface area contributed by atoms with E-state index in [1.165, 1.54) is 23.5 Å². The van der Waals surface area contributed by atoms with Gasteiger partial charge in [-0.2, -0.15) is 4.31 Å². The van der Waals surface area contributed by atoms with Gasteiger partial charge in [0.15, 0.2) is 5.13 Å². The Kier molecular flexibility index (Phi) is 7.81. The predicted octanol–water partition coefficient (Wildman–Crippen LogP) is 6.45. The van der Waals surface area contributed by atoms with Gasteiger partial charge in [-0.15, -0.1) is 0 Å². The Hall–Kier alpha value is -2.85. The number of halogens is 1. The highest BCUT2D eigenvalue weighted by molar-refractivity contribution is 7.89. The van der Waals surface area contributed by atoms with Gasteiger partial charge in [0, 0.05) is 29.4 Å². The van der Waals surface area contributed by atoms with Gasteiger partial charge in [-0.3, -0.25) is 14.7 Å². The summed E-state index contributed by atoms with van der Waals surface area (Å²) in [6, 6.07) is 15.5. The van der Waals surface area contributed by atoms with E-state index >= 15 is 0 Å². The molecule has 1 atom stereocenters. The lowest BCUT2D eigenvalue weighted by Crippen LogP contribution is -2.43. The van der Waals surface area contributed by atoms with Gasteiger partial charge in [-0.05, 0) is 80.3 Å². The number of pyridine rings is 1. The molecule has 1 aliphatic heterocycles. The Morgan fingerprint density at radius 3 is 2.66 bits per heavy atom. The number of aromatic nitrogens is 2. The van der Waals surface area contributed by atoms with Crippen LogP contribution in [0.4, 0.5) is 5.13 Å². The van der Waals surface area contributed by atoms with E-state index in [1.807, 2.05) is 44.2 Å². The predicted molar refractivity (Wildman–Crippen MR) is 152 cm³/mol. The summed E-state index contributed by atoms with van der Waals surface area (Å²) in [5, 5.41) is 1.14. The standard InChI is InChI=1S/C28H29ClN4O3S2/c1-3-23-9-5-7-15-33(23)38(35,36)24-12-10-20(11-13-24)27(34)32(18-22-8-4-6-14-30-22)28-31-26-19(2)16-21(29)17-25(26)37-28/h4,6,8,10-14,16-17,23H,3,5,7,9,15,18H2,1-2H3. The third-order valence-corrected chi connectivity index (χ3v) is 10.1. The molecule has 1 amide bonds. The van der Waals surface area contributed by atoms with E-state index in [0.29, 0.717) is 28.0 Å². The first-order valence-electron chi connectivity index (χ1n) is 12.7. The summed E-state index contributed by atoms with van der Waals surface area (Å²) < 4.78 is 29.3. The highest BCUT2D eigenvalue weighted by Crippen LogP contribution is 2.34. The first-order chi connectivity index (χ1) is 18.3. The molecular formula is C28H29ClN4O3S2. The van der Waals surface area contributed by atoms with Crippen molar-refractivity contribution in [3.8, 4) is 0 Å². The summed E-state index contributed by atoms with van der Waals surface area (Å²) in [7, 11) is -3.64. The van der Waals surface area contributed by atoms with Crippen LogP contribution in [0.5, 0.6) is 0 Å². The Labute approximate surface area is 232 Å². The van der Waals surface area contributed by atoms with Crippen molar-refractivity contribution in [3.63, 3.8) is 0 Å². The van der Waals surface area contributed by atoms with Gasteiger partial charge in [0.1, 0.15) is 0 Å². The first-order valence-corrected chi connectivity index (χ1v) is 15.3. The molecule has 0 radical (unpaired) electrons. The van der Waals surface area contributed by atoms with E-state index in [0.717, 1.165) is 41.5 Å². The van der Waals surface area contributed by atoms with E-state index in [4.69, 9.17) is 16.6 Å². The number of amides is 1. The molecule has 7 nitrogen and oxygen atoms in total. The zero-order chi connectivity index (χ0) is 26.9. The topological polar surface area (TPSA) is 83.5 Å². The minimum absolute atomic E-state index is 0.0138. The molecule has 0 aliphatic carbocycles. The Morgan fingerprint density at radius 1 is 1.16 bits per heavy atom. The number of piperidine rings is 1. The number of anilines is 1. The molecule has 1 fully saturated rings. The molecule has 2 aromatic heterocycles. The van der Waals surface area contributed by atoms with Crippen LogP contribution < -0.4 is 4.90 Å². The fraction of sp³-hybridized carbons (Fsp3) is 0.321. The molecule has 0 N–H and O–H groups in total. The van der Waals surface area contributed by atoms with Gasteiger partial charge < -0.3 is 0 Å². The number of sulfonamides is 1. The molecule has 198 valence electrons. The largest absolute Gasteiger partial charge is 0.278 e. The highest BCUT2D eigenvalue weighted by atomic mass is 35.5. The third kappa shape index (κ3) is 5.33. The van der Waals surface area contributed by atoms with Crippen LogP contribution in [0.25, 0.3) is 10.2 Å². The minimum atomic E-state index is -3.64. The number of aryl methyl sites for hydroxylation is 1. The summed E-state index contributed by atoms with van der Waals surface area (Å²) in [5.74, 6) is -0.285. The molecule has 0 saturated carbocycles. The average Bonchev–Trinajstić information content (AvgIpc) is 3.36.